The predicted octanol–water partition coefficient (Wildman–Crippen LogP) is 1.45. The molecule has 0 saturated heterocycles. The van der Waals surface area contributed by atoms with Crippen molar-refractivity contribution in [1.29, 1.82) is 0 Å². The van der Waals surface area contributed by atoms with Crippen LogP contribution >= 0.6 is 11.3 Å². The number of nitrogens with zero attached hydrogens (tertiary/aromatic N) is 2. The Morgan fingerprint density at radius 3 is 3.00 bits per heavy atom. The van der Waals surface area contributed by atoms with Crippen LogP contribution in [-0.2, 0) is 13.1 Å². The number of aromatic nitrogens is 2. The van der Waals surface area contributed by atoms with Gasteiger partial charge in [-0.2, -0.15) is 16.4 Å². The van der Waals surface area contributed by atoms with Crippen LogP contribution in [0.15, 0.2) is 29.2 Å². The van der Waals surface area contributed by atoms with Crippen LogP contribution in [0.25, 0.3) is 0 Å². The molecule has 2 rings (SSSR count). The van der Waals surface area contributed by atoms with Crippen LogP contribution in [0.1, 0.15) is 11.1 Å². The summed E-state index contributed by atoms with van der Waals surface area (Å²) < 4.78 is 1.91. The first kappa shape index (κ1) is 8.47. The van der Waals surface area contributed by atoms with Gasteiger partial charge in [-0.3, -0.25) is 4.68 Å². The fourth-order valence-corrected chi connectivity index (χ4v) is 1.83. The van der Waals surface area contributed by atoms with Crippen LogP contribution in [0, 0.1) is 0 Å². The maximum absolute atomic E-state index is 5.49. The molecule has 0 unspecified atom stereocenters. The van der Waals surface area contributed by atoms with Gasteiger partial charge in [-0.05, 0) is 22.4 Å². The van der Waals surface area contributed by atoms with Gasteiger partial charge < -0.3 is 5.73 Å². The first-order valence-electron chi connectivity index (χ1n) is 4.11. The molecule has 4 heteroatoms. The molecule has 68 valence electrons. The van der Waals surface area contributed by atoms with E-state index in [0.29, 0.717) is 6.54 Å². The van der Waals surface area contributed by atoms with E-state index in [1.54, 1.807) is 11.3 Å². The summed E-state index contributed by atoms with van der Waals surface area (Å²) in [5, 5.41) is 8.40. The van der Waals surface area contributed by atoms with Gasteiger partial charge in [0.15, 0.2) is 0 Å². The molecule has 2 aromatic heterocycles. The van der Waals surface area contributed by atoms with Crippen molar-refractivity contribution < 1.29 is 0 Å². The van der Waals surface area contributed by atoms with Gasteiger partial charge in [0.2, 0.25) is 0 Å². The van der Waals surface area contributed by atoms with E-state index in [-0.39, 0.29) is 0 Å². The van der Waals surface area contributed by atoms with E-state index in [4.69, 9.17) is 5.73 Å². The first-order chi connectivity index (χ1) is 6.38. The second-order valence-electron chi connectivity index (χ2n) is 2.88. The highest BCUT2D eigenvalue weighted by molar-refractivity contribution is 7.07. The normalized spacial score (nSPS) is 10.5. The minimum atomic E-state index is 0.559. The summed E-state index contributed by atoms with van der Waals surface area (Å²) in [7, 11) is 0. The molecule has 2 N–H and O–H groups in total. The molecule has 0 atom stereocenters. The number of nitrogens with two attached hydrogens (primary N) is 1. The molecule has 0 spiro atoms. The molecule has 2 heterocycles. The smallest absolute Gasteiger partial charge is 0.0667 e. The lowest BCUT2D eigenvalue weighted by Gasteiger charge is -1.96. The van der Waals surface area contributed by atoms with Crippen molar-refractivity contribution in [1.82, 2.24) is 9.78 Å². The number of hydrogen-bond acceptors (Lipinski definition) is 3. The van der Waals surface area contributed by atoms with Crippen LogP contribution in [0.3, 0.4) is 0 Å². The molecule has 0 aliphatic heterocycles. The minimum absolute atomic E-state index is 0.559. The van der Waals surface area contributed by atoms with E-state index in [0.717, 1.165) is 12.1 Å². The summed E-state index contributed by atoms with van der Waals surface area (Å²) >= 11 is 1.71. The third-order valence-electron chi connectivity index (χ3n) is 1.85. The van der Waals surface area contributed by atoms with E-state index in [9.17, 15) is 0 Å². The molecule has 0 bridgehead atoms. The predicted molar refractivity (Wildman–Crippen MR) is 53.5 cm³/mol. The Morgan fingerprint density at radius 1 is 1.46 bits per heavy atom. The van der Waals surface area contributed by atoms with Gasteiger partial charge in [0.1, 0.15) is 0 Å². The Hall–Kier alpha value is -1.13. The molecule has 0 aliphatic carbocycles. The standard InChI is InChI=1S/C9H11N3S/c10-3-9-4-11-12(6-9)5-8-1-2-13-7-8/h1-2,4,6-7H,3,5,10H2. The summed E-state index contributed by atoms with van der Waals surface area (Å²) in [6.45, 7) is 1.40. The Kier molecular flexibility index (Phi) is 2.42. The van der Waals surface area contributed by atoms with Crippen LogP contribution in [0.5, 0.6) is 0 Å². The van der Waals surface area contributed by atoms with Crippen molar-refractivity contribution in [3.05, 3.63) is 40.3 Å². The van der Waals surface area contributed by atoms with Crippen LogP contribution in [0.4, 0.5) is 0 Å². The molecule has 0 aliphatic rings. The zero-order chi connectivity index (χ0) is 9.10. The highest BCUT2D eigenvalue weighted by atomic mass is 32.1. The third kappa shape index (κ3) is 1.96. The molecule has 0 aromatic carbocycles. The molecular weight excluding hydrogens is 182 g/mol. The van der Waals surface area contributed by atoms with Crippen LogP contribution < -0.4 is 5.73 Å². The van der Waals surface area contributed by atoms with E-state index in [1.807, 2.05) is 17.1 Å². The van der Waals surface area contributed by atoms with Crippen LogP contribution in [-0.4, -0.2) is 9.78 Å². The van der Waals surface area contributed by atoms with Gasteiger partial charge in [0.25, 0.3) is 0 Å². The van der Waals surface area contributed by atoms with Gasteiger partial charge in [-0.1, -0.05) is 0 Å². The fourth-order valence-electron chi connectivity index (χ4n) is 1.17. The number of hydrogen-bond donors (Lipinski definition) is 1. The fraction of sp³-hybridized carbons (Fsp3) is 0.222. The van der Waals surface area contributed by atoms with Gasteiger partial charge in [0, 0.05) is 18.3 Å². The summed E-state index contributed by atoms with van der Waals surface area (Å²) in [5.41, 5.74) is 7.85. The lowest BCUT2D eigenvalue weighted by molar-refractivity contribution is 0.688. The summed E-state index contributed by atoms with van der Waals surface area (Å²) in [6.07, 6.45) is 3.80. The Balaban J connectivity index is 2.10. The van der Waals surface area contributed by atoms with Gasteiger partial charge in [-0.15, -0.1) is 0 Å². The zero-order valence-corrected chi connectivity index (χ0v) is 8.00. The molecule has 3 nitrogen and oxygen atoms in total. The van der Waals surface area contributed by atoms with E-state index in [2.05, 4.69) is 21.9 Å². The van der Waals surface area contributed by atoms with E-state index < -0.39 is 0 Å². The topological polar surface area (TPSA) is 43.8 Å². The number of thiophene rings is 1. The second-order valence-corrected chi connectivity index (χ2v) is 3.66. The lowest BCUT2D eigenvalue weighted by Crippen LogP contribution is -1.98. The first-order valence-corrected chi connectivity index (χ1v) is 5.05. The molecular formula is C9H11N3S. The highest BCUT2D eigenvalue weighted by Gasteiger charge is 1.97. The quantitative estimate of drug-likeness (QED) is 0.801. The zero-order valence-electron chi connectivity index (χ0n) is 7.18. The molecule has 2 aromatic rings. The van der Waals surface area contributed by atoms with Crippen molar-refractivity contribution in [3.8, 4) is 0 Å². The van der Waals surface area contributed by atoms with Gasteiger partial charge in [0.05, 0.1) is 12.7 Å². The Bertz CT molecular complexity index is 364. The van der Waals surface area contributed by atoms with Crippen molar-refractivity contribution >= 4 is 11.3 Å². The SMILES string of the molecule is NCc1cnn(Cc2ccsc2)c1. The van der Waals surface area contributed by atoms with E-state index >= 15 is 0 Å². The third-order valence-corrected chi connectivity index (χ3v) is 2.58. The van der Waals surface area contributed by atoms with Crippen molar-refractivity contribution in [2.24, 2.45) is 5.73 Å². The van der Waals surface area contributed by atoms with Gasteiger partial charge in [-0.25, -0.2) is 0 Å². The van der Waals surface area contributed by atoms with Crippen LogP contribution in [0.2, 0.25) is 0 Å². The Labute approximate surface area is 80.8 Å². The molecule has 0 saturated carbocycles. The largest absolute Gasteiger partial charge is 0.326 e. The highest BCUT2D eigenvalue weighted by Crippen LogP contribution is 2.08. The average molecular weight is 193 g/mol. The molecule has 0 radical (unpaired) electrons. The summed E-state index contributed by atoms with van der Waals surface area (Å²) in [6, 6.07) is 2.11. The lowest BCUT2D eigenvalue weighted by atomic mass is 10.3. The average Bonchev–Trinajstić information content (AvgIpc) is 2.76. The minimum Gasteiger partial charge on any atom is -0.326 e. The second kappa shape index (κ2) is 3.72. The maximum Gasteiger partial charge on any atom is 0.0667 e. The number of rotatable bonds is 3. The van der Waals surface area contributed by atoms with Crippen molar-refractivity contribution in [3.63, 3.8) is 0 Å². The van der Waals surface area contributed by atoms with Crippen molar-refractivity contribution in [2.45, 2.75) is 13.1 Å². The molecule has 13 heavy (non-hydrogen) atoms. The monoisotopic (exact) mass is 193 g/mol. The Morgan fingerprint density at radius 2 is 2.38 bits per heavy atom. The summed E-state index contributed by atoms with van der Waals surface area (Å²) in [4.78, 5) is 0. The summed E-state index contributed by atoms with van der Waals surface area (Å²) in [5.74, 6) is 0. The molecule has 0 fully saturated rings. The van der Waals surface area contributed by atoms with Crippen molar-refractivity contribution in [2.75, 3.05) is 0 Å². The van der Waals surface area contributed by atoms with E-state index in [1.165, 1.54) is 5.56 Å². The maximum atomic E-state index is 5.49. The van der Waals surface area contributed by atoms with Gasteiger partial charge >= 0.3 is 0 Å². The molecule has 0 amide bonds.